The Morgan fingerprint density at radius 3 is 2.35 bits per heavy atom. The van der Waals surface area contributed by atoms with Crippen LogP contribution in [0.2, 0.25) is 0 Å². The van der Waals surface area contributed by atoms with Crippen molar-refractivity contribution in [2.24, 2.45) is 5.10 Å². The number of ether oxygens (including phenoxy) is 2. The van der Waals surface area contributed by atoms with Gasteiger partial charge in [0.25, 0.3) is 5.91 Å². The van der Waals surface area contributed by atoms with Crippen LogP contribution >= 0.6 is 22.6 Å². The van der Waals surface area contributed by atoms with Crippen molar-refractivity contribution < 1.29 is 37.0 Å². The molecular formula is C30H30F3IN4O5. The highest BCUT2D eigenvalue weighted by atomic mass is 127. The highest BCUT2D eigenvalue weighted by Gasteiger charge is 2.33. The molecule has 0 bridgehead atoms. The van der Waals surface area contributed by atoms with Crippen LogP contribution in [0.15, 0.2) is 65.8 Å². The van der Waals surface area contributed by atoms with Crippen molar-refractivity contribution in [2.45, 2.75) is 39.4 Å². The number of alkyl halides is 3. The first-order valence-corrected chi connectivity index (χ1v) is 14.2. The van der Waals surface area contributed by atoms with Gasteiger partial charge in [-0.05, 0) is 76.4 Å². The molecule has 0 unspecified atom stereocenters. The molecule has 0 aliphatic heterocycles. The fraction of sp³-hybridized carbons (Fsp3) is 0.267. The molecule has 0 fully saturated rings. The molecule has 0 atom stereocenters. The molecule has 0 aliphatic carbocycles. The molecule has 3 amide bonds. The zero-order chi connectivity index (χ0) is 31.6. The summed E-state index contributed by atoms with van der Waals surface area (Å²) in [6.45, 7) is 5.74. The molecule has 0 heterocycles. The molecule has 3 rings (SSSR count). The van der Waals surface area contributed by atoms with Crippen LogP contribution in [-0.4, -0.2) is 37.1 Å². The third-order valence-electron chi connectivity index (χ3n) is 5.87. The van der Waals surface area contributed by atoms with Crippen molar-refractivity contribution in [3.05, 3.63) is 86.5 Å². The number of carbonyl (C=O) groups is 3. The number of nitrogens with one attached hydrogen (secondary N) is 3. The van der Waals surface area contributed by atoms with Crippen LogP contribution in [0.4, 0.5) is 18.9 Å². The predicted molar refractivity (Wildman–Crippen MR) is 164 cm³/mol. The third kappa shape index (κ3) is 9.98. The lowest BCUT2D eigenvalue weighted by atomic mass is 10.0. The van der Waals surface area contributed by atoms with Gasteiger partial charge in [-0.3, -0.25) is 14.4 Å². The lowest BCUT2D eigenvalue weighted by molar-refractivity contribution is -0.139. The highest BCUT2D eigenvalue weighted by Crippen LogP contribution is 2.35. The van der Waals surface area contributed by atoms with E-state index in [0.29, 0.717) is 15.1 Å². The summed E-state index contributed by atoms with van der Waals surface area (Å²) >= 11 is 1.94. The number of para-hydroxylation sites is 1. The normalized spacial score (nSPS) is 11.3. The molecule has 0 saturated heterocycles. The van der Waals surface area contributed by atoms with Gasteiger partial charge in [-0.1, -0.05) is 50.2 Å². The lowest BCUT2D eigenvalue weighted by Crippen LogP contribution is -2.37. The molecular weight excluding hydrogens is 680 g/mol. The largest absolute Gasteiger partial charge is 0.490 e. The molecule has 0 aliphatic rings. The number of hydrogen-bond acceptors (Lipinski definition) is 6. The summed E-state index contributed by atoms with van der Waals surface area (Å²) in [6.07, 6.45) is -3.34. The van der Waals surface area contributed by atoms with Crippen LogP contribution in [0.5, 0.6) is 11.5 Å². The Morgan fingerprint density at radius 2 is 1.70 bits per heavy atom. The maximum Gasteiger partial charge on any atom is 0.418 e. The zero-order valence-corrected chi connectivity index (χ0v) is 25.7. The van der Waals surface area contributed by atoms with E-state index in [1.165, 1.54) is 30.0 Å². The van der Waals surface area contributed by atoms with Gasteiger partial charge in [-0.15, -0.1) is 0 Å². The van der Waals surface area contributed by atoms with E-state index in [4.69, 9.17) is 9.47 Å². The lowest BCUT2D eigenvalue weighted by Gasteiger charge is -2.16. The smallest absolute Gasteiger partial charge is 0.418 e. The second-order valence-corrected chi connectivity index (χ2v) is 10.6. The van der Waals surface area contributed by atoms with Gasteiger partial charge in [-0.2, -0.15) is 18.3 Å². The van der Waals surface area contributed by atoms with E-state index in [-0.39, 0.29) is 30.3 Å². The average molecular weight is 710 g/mol. The molecule has 3 N–H and O–H groups in total. The van der Waals surface area contributed by atoms with Gasteiger partial charge >= 0.3 is 18.0 Å². The van der Waals surface area contributed by atoms with Crippen LogP contribution in [0.3, 0.4) is 0 Å². The Bertz CT molecular complexity index is 1480. The fourth-order valence-corrected chi connectivity index (χ4v) is 4.51. The number of carbonyl (C=O) groups excluding carboxylic acids is 3. The number of amides is 3. The Labute approximate surface area is 260 Å². The molecule has 0 aromatic heterocycles. The van der Waals surface area contributed by atoms with Gasteiger partial charge in [0.05, 0.1) is 27.6 Å². The number of rotatable bonds is 11. The van der Waals surface area contributed by atoms with E-state index in [0.717, 1.165) is 17.7 Å². The molecule has 43 heavy (non-hydrogen) atoms. The van der Waals surface area contributed by atoms with Gasteiger partial charge in [-0.25, -0.2) is 5.43 Å². The number of benzene rings is 3. The van der Waals surface area contributed by atoms with Crippen molar-refractivity contribution in [3.63, 3.8) is 0 Å². The second-order valence-electron chi connectivity index (χ2n) is 9.42. The van der Waals surface area contributed by atoms with Crippen LogP contribution in [0.25, 0.3) is 0 Å². The summed E-state index contributed by atoms with van der Waals surface area (Å²) in [5.41, 5.74) is 3.30. The topological polar surface area (TPSA) is 118 Å². The summed E-state index contributed by atoms with van der Waals surface area (Å²) in [5.74, 6) is -1.78. The van der Waals surface area contributed by atoms with E-state index in [9.17, 15) is 27.6 Å². The quantitative estimate of drug-likeness (QED) is 0.104. The minimum Gasteiger partial charge on any atom is -0.490 e. The summed E-state index contributed by atoms with van der Waals surface area (Å²) in [4.78, 5) is 36.7. The number of halogens is 4. The van der Waals surface area contributed by atoms with Crippen LogP contribution in [0, 0.1) is 3.57 Å². The number of hydrogen-bond donors (Lipinski definition) is 3. The molecule has 0 radical (unpaired) electrons. The third-order valence-corrected chi connectivity index (χ3v) is 6.67. The van der Waals surface area contributed by atoms with Crippen LogP contribution in [0.1, 0.15) is 48.9 Å². The Morgan fingerprint density at radius 1 is 1.00 bits per heavy atom. The number of nitrogens with zero attached hydrogens (tertiary/aromatic N) is 1. The molecule has 228 valence electrons. The number of anilines is 1. The minimum absolute atomic E-state index is 0.179. The fourth-order valence-electron chi connectivity index (χ4n) is 3.73. The van der Waals surface area contributed by atoms with E-state index in [1.54, 1.807) is 13.0 Å². The second kappa shape index (κ2) is 15.4. The van der Waals surface area contributed by atoms with Crippen molar-refractivity contribution in [2.75, 3.05) is 18.5 Å². The maximum absolute atomic E-state index is 13.2. The molecule has 0 spiro atoms. The molecule has 0 saturated carbocycles. The van der Waals surface area contributed by atoms with Gasteiger partial charge in [0.15, 0.2) is 18.1 Å². The zero-order valence-electron chi connectivity index (χ0n) is 23.5. The molecule has 3 aromatic rings. The first-order chi connectivity index (χ1) is 20.4. The van der Waals surface area contributed by atoms with Crippen LogP contribution in [-0.2, 0) is 27.1 Å². The minimum atomic E-state index is -4.64. The molecule has 3 aromatic carbocycles. The van der Waals surface area contributed by atoms with Crippen molar-refractivity contribution in [1.82, 2.24) is 10.7 Å². The standard InChI is InChI=1S/C30H30F3IN4O5/c1-4-42-25-14-20(16-36-38-29(41)28(40)35-15-19-9-11-21(12-10-19)18(2)3)13-23(34)27(25)43-17-26(39)37-24-8-6-5-7-22(24)30(31,32)33/h5-14,16,18H,4,15,17H2,1-3H3,(H,35,40)(H,37,39)(H,38,41)/b36-16-. The van der Waals surface area contributed by atoms with Gasteiger partial charge in [0.2, 0.25) is 0 Å². The maximum atomic E-state index is 13.2. The summed E-state index contributed by atoms with van der Waals surface area (Å²) in [7, 11) is 0. The summed E-state index contributed by atoms with van der Waals surface area (Å²) < 4.78 is 51.4. The highest BCUT2D eigenvalue weighted by molar-refractivity contribution is 14.1. The molecule has 9 nitrogen and oxygen atoms in total. The van der Waals surface area contributed by atoms with Crippen molar-refractivity contribution in [3.8, 4) is 11.5 Å². The SMILES string of the molecule is CCOc1cc(/C=N\NC(=O)C(=O)NCc2ccc(C(C)C)cc2)cc(I)c1OCC(=O)Nc1ccccc1C(F)(F)F. The van der Waals surface area contributed by atoms with Crippen molar-refractivity contribution >= 4 is 52.2 Å². The van der Waals surface area contributed by atoms with Gasteiger partial charge < -0.3 is 20.1 Å². The summed E-state index contributed by atoms with van der Waals surface area (Å²) in [6, 6.07) is 15.5. The van der Waals surface area contributed by atoms with Gasteiger partial charge in [0, 0.05) is 6.54 Å². The Kier molecular flexibility index (Phi) is 11.9. The van der Waals surface area contributed by atoms with Crippen molar-refractivity contribution in [1.29, 1.82) is 0 Å². The van der Waals surface area contributed by atoms with Gasteiger partial charge in [0.1, 0.15) is 0 Å². The van der Waals surface area contributed by atoms with E-state index < -0.39 is 36.1 Å². The Balaban J connectivity index is 1.58. The summed E-state index contributed by atoms with van der Waals surface area (Å²) in [5, 5.41) is 8.59. The van der Waals surface area contributed by atoms with E-state index in [2.05, 4.69) is 35.0 Å². The van der Waals surface area contributed by atoms with E-state index >= 15 is 0 Å². The molecule has 13 heteroatoms. The van der Waals surface area contributed by atoms with Crippen LogP contribution < -0.4 is 25.5 Å². The average Bonchev–Trinajstić information content (AvgIpc) is 2.95. The monoisotopic (exact) mass is 710 g/mol. The van der Waals surface area contributed by atoms with E-state index in [1.807, 2.05) is 46.9 Å². The number of hydrazone groups is 1. The first kappa shape index (κ1) is 33.4. The predicted octanol–water partition coefficient (Wildman–Crippen LogP) is 5.62. The first-order valence-electron chi connectivity index (χ1n) is 13.1. The Hall–Kier alpha value is -4.14.